The lowest BCUT2D eigenvalue weighted by Gasteiger charge is -2.11. The van der Waals surface area contributed by atoms with Gasteiger partial charge in [-0.15, -0.1) is 5.10 Å². The highest BCUT2D eigenvalue weighted by molar-refractivity contribution is 6.37. The first-order valence-electron chi connectivity index (χ1n) is 4.53. The van der Waals surface area contributed by atoms with Gasteiger partial charge in [0.15, 0.2) is 0 Å². The number of nitrogens with zero attached hydrogens (tertiary/aromatic N) is 3. The van der Waals surface area contributed by atoms with Crippen LogP contribution >= 0.6 is 23.2 Å². The number of aromatic nitrogens is 3. The molecule has 2 aromatic rings. The van der Waals surface area contributed by atoms with Crippen molar-refractivity contribution in [3.05, 3.63) is 34.1 Å². The van der Waals surface area contributed by atoms with Gasteiger partial charge in [0, 0.05) is 0 Å². The Hall–Kier alpha value is -1.47. The van der Waals surface area contributed by atoms with Crippen LogP contribution in [0.5, 0.6) is 0 Å². The van der Waals surface area contributed by atoms with Crippen LogP contribution in [0.2, 0.25) is 10.0 Å². The largest absolute Gasteiger partial charge is 0.416 e. The zero-order valence-electron chi connectivity index (χ0n) is 8.54. The van der Waals surface area contributed by atoms with Gasteiger partial charge in [0.25, 0.3) is 0 Å². The summed E-state index contributed by atoms with van der Waals surface area (Å²) < 4.78 is 38.7. The molecule has 0 atom stereocenters. The Kier molecular flexibility index (Phi) is 3.12. The van der Waals surface area contributed by atoms with Crippen molar-refractivity contribution in [2.24, 2.45) is 0 Å². The SMILES string of the molecule is Nc1ncn(-c2c(Cl)cc(C(F)(F)F)cc2Cl)n1. The molecule has 0 unspecified atom stereocenters. The molecule has 2 N–H and O–H groups in total. The van der Waals surface area contributed by atoms with E-state index in [9.17, 15) is 13.2 Å². The maximum atomic E-state index is 12.5. The minimum atomic E-state index is -4.52. The van der Waals surface area contributed by atoms with Crippen LogP contribution in [0.25, 0.3) is 5.69 Å². The Labute approximate surface area is 109 Å². The van der Waals surface area contributed by atoms with E-state index in [1.54, 1.807) is 0 Å². The number of nitrogens with two attached hydrogens (primary N) is 1. The summed E-state index contributed by atoms with van der Waals surface area (Å²) in [6, 6.07) is 1.53. The number of rotatable bonds is 1. The second-order valence-corrected chi connectivity index (χ2v) is 4.15. The van der Waals surface area contributed by atoms with Crippen LogP contribution in [0.3, 0.4) is 0 Å². The lowest BCUT2D eigenvalue weighted by molar-refractivity contribution is -0.137. The highest BCUT2D eigenvalue weighted by atomic mass is 35.5. The fourth-order valence-corrected chi connectivity index (χ4v) is 1.99. The summed E-state index contributed by atoms with van der Waals surface area (Å²) in [5.74, 6) is -0.0398. The molecule has 1 aromatic heterocycles. The van der Waals surface area contributed by atoms with Crippen molar-refractivity contribution in [2.45, 2.75) is 6.18 Å². The molecular weight excluding hydrogens is 292 g/mol. The van der Waals surface area contributed by atoms with E-state index >= 15 is 0 Å². The third-order valence-corrected chi connectivity index (χ3v) is 2.66. The molecule has 0 aliphatic rings. The van der Waals surface area contributed by atoms with Crippen molar-refractivity contribution in [2.75, 3.05) is 5.73 Å². The molecule has 18 heavy (non-hydrogen) atoms. The fraction of sp³-hybridized carbons (Fsp3) is 0.111. The summed E-state index contributed by atoms with van der Waals surface area (Å²) in [6.45, 7) is 0. The first kappa shape index (κ1) is 13.0. The van der Waals surface area contributed by atoms with Gasteiger partial charge < -0.3 is 5.73 Å². The van der Waals surface area contributed by atoms with Crippen molar-refractivity contribution in [1.82, 2.24) is 14.8 Å². The van der Waals surface area contributed by atoms with Gasteiger partial charge in [-0.05, 0) is 12.1 Å². The van der Waals surface area contributed by atoms with Gasteiger partial charge in [-0.3, -0.25) is 0 Å². The fourth-order valence-electron chi connectivity index (χ4n) is 1.33. The first-order chi connectivity index (χ1) is 8.29. The van der Waals surface area contributed by atoms with Gasteiger partial charge in [0.2, 0.25) is 5.95 Å². The van der Waals surface area contributed by atoms with E-state index in [1.165, 1.54) is 6.33 Å². The quantitative estimate of drug-likeness (QED) is 0.879. The lowest BCUT2D eigenvalue weighted by atomic mass is 10.2. The Morgan fingerprint density at radius 2 is 1.72 bits per heavy atom. The van der Waals surface area contributed by atoms with Crippen molar-refractivity contribution in [3.8, 4) is 5.69 Å². The summed E-state index contributed by atoms with van der Waals surface area (Å²) in [5, 5.41) is 3.34. The molecule has 0 bridgehead atoms. The molecule has 0 saturated heterocycles. The molecule has 0 saturated carbocycles. The molecular formula is C9H5Cl2F3N4. The second-order valence-electron chi connectivity index (χ2n) is 3.33. The number of anilines is 1. The van der Waals surface area contributed by atoms with Gasteiger partial charge in [-0.1, -0.05) is 23.2 Å². The number of nitrogen functional groups attached to an aromatic ring is 1. The average Bonchev–Trinajstić information content (AvgIpc) is 2.62. The number of alkyl halides is 3. The number of hydrogen-bond acceptors (Lipinski definition) is 3. The molecule has 2 rings (SSSR count). The minimum absolute atomic E-state index is 0.0398. The van der Waals surface area contributed by atoms with Crippen molar-refractivity contribution < 1.29 is 13.2 Å². The lowest BCUT2D eigenvalue weighted by Crippen LogP contribution is -2.07. The number of hydrogen-bond donors (Lipinski definition) is 1. The van der Waals surface area contributed by atoms with Crippen LogP contribution in [0, 0.1) is 0 Å². The molecule has 0 radical (unpaired) electrons. The summed E-state index contributed by atoms with van der Waals surface area (Å²) in [5.41, 5.74) is 4.46. The van der Waals surface area contributed by atoms with Crippen LogP contribution in [0.1, 0.15) is 5.56 Å². The van der Waals surface area contributed by atoms with E-state index in [4.69, 9.17) is 28.9 Å². The Morgan fingerprint density at radius 3 is 2.11 bits per heavy atom. The third kappa shape index (κ3) is 2.37. The Balaban J connectivity index is 2.58. The van der Waals surface area contributed by atoms with E-state index in [0.29, 0.717) is 0 Å². The highest BCUT2D eigenvalue weighted by Gasteiger charge is 2.32. The van der Waals surface area contributed by atoms with Crippen LogP contribution in [0.4, 0.5) is 19.1 Å². The number of benzene rings is 1. The van der Waals surface area contributed by atoms with Crippen LogP contribution < -0.4 is 5.73 Å². The maximum Gasteiger partial charge on any atom is 0.416 e. The van der Waals surface area contributed by atoms with E-state index < -0.39 is 11.7 Å². The standard InChI is InChI=1S/C9H5Cl2F3N4/c10-5-1-4(9(12,13)14)2-6(11)7(5)18-3-16-8(15)17-18/h1-3H,(H2,15,17). The smallest absolute Gasteiger partial charge is 0.366 e. The van der Waals surface area contributed by atoms with Gasteiger partial charge in [-0.2, -0.15) is 13.2 Å². The van der Waals surface area contributed by atoms with Gasteiger partial charge in [0.05, 0.1) is 15.6 Å². The van der Waals surface area contributed by atoms with Crippen LogP contribution in [-0.2, 0) is 6.18 Å². The molecule has 96 valence electrons. The second kappa shape index (κ2) is 4.33. The highest BCUT2D eigenvalue weighted by Crippen LogP contribution is 2.37. The monoisotopic (exact) mass is 296 g/mol. The first-order valence-corrected chi connectivity index (χ1v) is 5.28. The zero-order valence-corrected chi connectivity index (χ0v) is 10.1. The zero-order chi connectivity index (χ0) is 13.5. The summed E-state index contributed by atoms with van der Waals surface area (Å²) in [4.78, 5) is 3.64. The van der Waals surface area contributed by atoms with Gasteiger partial charge >= 0.3 is 6.18 Å². The normalized spacial score (nSPS) is 11.8. The average molecular weight is 297 g/mol. The Morgan fingerprint density at radius 1 is 1.17 bits per heavy atom. The molecule has 0 aliphatic carbocycles. The predicted octanol–water partition coefficient (Wildman–Crippen LogP) is 3.18. The van der Waals surface area contributed by atoms with E-state index in [1.807, 2.05) is 0 Å². The van der Waals surface area contributed by atoms with E-state index in [-0.39, 0.29) is 21.7 Å². The summed E-state index contributed by atoms with van der Waals surface area (Å²) >= 11 is 11.5. The molecule has 9 heteroatoms. The molecule has 0 aliphatic heterocycles. The summed E-state index contributed by atoms with van der Waals surface area (Å²) in [7, 11) is 0. The van der Waals surface area contributed by atoms with Gasteiger partial charge in [-0.25, -0.2) is 9.67 Å². The molecule has 1 heterocycles. The predicted molar refractivity (Wildman–Crippen MR) is 60.8 cm³/mol. The third-order valence-electron chi connectivity index (χ3n) is 2.08. The van der Waals surface area contributed by atoms with Crippen LogP contribution in [-0.4, -0.2) is 14.8 Å². The van der Waals surface area contributed by atoms with E-state index in [2.05, 4.69) is 10.1 Å². The number of halogens is 5. The van der Waals surface area contributed by atoms with Crippen molar-refractivity contribution in [3.63, 3.8) is 0 Å². The van der Waals surface area contributed by atoms with Crippen molar-refractivity contribution >= 4 is 29.2 Å². The minimum Gasteiger partial charge on any atom is -0.366 e. The van der Waals surface area contributed by atoms with E-state index in [0.717, 1.165) is 16.8 Å². The molecule has 0 amide bonds. The van der Waals surface area contributed by atoms with Crippen LogP contribution in [0.15, 0.2) is 18.5 Å². The van der Waals surface area contributed by atoms with Crippen molar-refractivity contribution in [1.29, 1.82) is 0 Å². The Bertz CT molecular complexity index is 571. The topological polar surface area (TPSA) is 56.7 Å². The molecule has 0 spiro atoms. The summed E-state index contributed by atoms with van der Waals surface area (Å²) in [6.07, 6.45) is -3.32. The maximum absolute atomic E-state index is 12.5. The molecule has 4 nitrogen and oxygen atoms in total. The molecule has 1 aromatic carbocycles. The molecule has 0 fully saturated rings. The van der Waals surface area contributed by atoms with Gasteiger partial charge in [0.1, 0.15) is 12.0 Å².